The number of piperidine rings is 2. The number of fused-ring (bicyclic) bond motifs is 1. The Morgan fingerprint density at radius 3 is 2.53 bits per heavy atom. The molecule has 2 fully saturated rings. The molecule has 2 aliphatic heterocycles. The average Bonchev–Trinajstić information content (AvgIpc) is 3.68. The number of aryl methyl sites for hydroxylation is 2. The topological polar surface area (TPSA) is 139 Å². The molecule has 2 saturated heterocycles. The summed E-state index contributed by atoms with van der Waals surface area (Å²) < 4.78 is 3.26. The van der Waals surface area contributed by atoms with Crippen LogP contribution in [0, 0.1) is 12.8 Å². The van der Waals surface area contributed by atoms with Gasteiger partial charge in [-0.05, 0) is 37.8 Å². The minimum atomic E-state index is -1.13. The Labute approximate surface area is 275 Å². The molecule has 242 valence electrons. The van der Waals surface area contributed by atoms with Gasteiger partial charge >= 0.3 is 0 Å². The minimum Gasteiger partial charge on any atom is -0.388 e. The second-order valence-corrected chi connectivity index (χ2v) is 13.6. The fourth-order valence-corrected chi connectivity index (χ4v) is 7.90. The van der Waals surface area contributed by atoms with Crippen LogP contribution in [0.5, 0.6) is 0 Å². The van der Waals surface area contributed by atoms with E-state index < -0.39 is 5.60 Å². The van der Waals surface area contributed by atoms with E-state index in [1.54, 1.807) is 29.2 Å². The summed E-state index contributed by atoms with van der Waals surface area (Å²) in [4.78, 5) is 62.5. The highest BCUT2D eigenvalue weighted by Gasteiger charge is 2.42. The molecular formula is C34H36N8O4S. The van der Waals surface area contributed by atoms with Crippen LogP contribution in [0.3, 0.4) is 0 Å². The fourth-order valence-electron chi connectivity index (χ4n) is 6.89. The third-order valence-electron chi connectivity index (χ3n) is 9.56. The number of thiazole rings is 1. The van der Waals surface area contributed by atoms with Crippen LogP contribution in [0.25, 0.3) is 21.6 Å². The zero-order chi connectivity index (χ0) is 32.7. The van der Waals surface area contributed by atoms with Gasteiger partial charge in [-0.15, -0.1) is 11.3 Å². The second-order valence-electron chi connectivity index (χ2n) is 12.6. The van der Waals surface area contributed by atoms with Crippen LogP contribution in [0.15, 0.2) is 72.4 Å². The van der Waals surface area contributed by atoms with E-state index in [1.807, 2.05) is 54.1 Å². The van der Waals surface area contributed by atoms with E-state index in [0.29, 0.717) is 72.1 Å². The summed E-state index contributed by atoms with van der Waals surface area (Å²) in [5.74, 6) is -0.534. The summed E-state index contributed by atoms with van der Waals surface area (Å²) in [6.07, 6.45) is 9.35. The van der Waals surface area contributed by atoms with E-state index in [-0.39, 0.29) is 35.8 Å². The highest BCUT2D eigenvalue weighted by atomic mass is 32.1. The van der Waals surface area contributed by atoms with Crippen LogP contribution in [0.1, 0.15) is 46.1 Å². The summed E-state index contributed by atoms with van der Waals surface area (Å²) >= 11 is 1.34. The Kier molecular flexibility index (Phi) is 8.18. The van der Waals surface area contributed by atoms with Crippen molar-refractivity contribution in [3.8, 4) is 10.6 Å². The van der Waals surface area contributed by atoms with E-state index >= 15 is 0 Å². The number of amides is 2. The van der Waals surface area contributed by atoms with Gasteiger partial charge in [0.2, 0.25) is 5.91 Å². The number of aliphatic hydroxyl groups is 1. The molecule has 0 bridgehead atoms. The first-order valence-electron chi connectivity index (χ1n) is 15.8. The zero-order valence-electron chi connectivity index (χ0n) is 26.3. The monoisotopic (exact) mass is 652 g/mol. The Bertz CT molecular complexity index is 1980. The van der Waals surface area contributed by atoms with Crippen molar-refractivity contribution in [2.24, 2.45) is 13.0 Å². The predicted molar refractivity (Wildman–Crippen MR) is 177 cm³/mol. The number of nitrogens with zero attached hydrogens (tertiary/aromatic N) is 8. The van der Waals surface area contributed by atoms with Gasteiger partial charge in [0.05, 0.1) is 23.2 Å². The molecule has 4 aromatic heterocycles. The van der Waals surface area contributed by atoms with Gasteiger partial charge in [-0.1, -0.05) is 30.3 Å². The molecule has 47 heavy (non-hydrogen) atoms. The summed E-state index contributed by atoms with van der Waals surface area (Å²) in [5, 5.41) is 12.7. The molecule has 1 N–H and O–H groups in total. The van der Waals surface area contributed by atoms with Crippen molar-refractivity contribution >= 4 is 34.2 Å². The molecule has 2 aliphatic rings. The maximum Gasteiger partial charge on any atom is 0.265 e. The molecule has 0 radical (unpaired) electrons. The van der Waals surface area contributed by atoms with Gasteiger partial charge in [0.25, 0.3) is 11.5 Å². The van der Waals surface area contributed by atoms with Gasteiger partial charge in [-0.25, -0.2) is 19.9 Å². The van der Waals surface area contributed by atoms with Gasteiger partial charge in [0.1, 0.15) is 28.2 Å². The lowest BCUT2D eigenvalue weighted by Gasteiger charge is -2.43. The first-order valence-corrected chi connectivity index (χ1v) is 16.6. The largest absolute Gasteiger partial charge is 0.388 e. The van der Waals surface area contributed by atoms with E-state index in [2.05, 4.69) is 19.9 Å². The average molecular weight is 653 g/mol. The SMILES string of the molecule is Cc1nc(-c2cncnc2)sc1C(=O)N1CC[C@@H](C(=O)N2CCC(O)(Cn3cnc4c(ccn4C)c3=O)CC2)[C@H](c2ccccc2)C1. The Balaban J connectivity index is 1.05. The van der Waals surface area contributed by atoms with E-state index in [9.17, 15) is 19.5 Å². The molecule has 6 heterocycles. The predicted octanol–water partition coefficient (Wildman–Crippen LogP) is 3.26. The van der Waals surface area contributed by atoms with Crippen LogP contribution in [-0.2, 0) is 18.4 Å². The van der Waals surface area contributed by atoms with Crippen molar-refractivity contribution in [1.29, 1.82) is 0 Å². The number of hydrogen-bond acceptors (Lipinski definition) is 9. The zero-order valence-corrected chi connectivity index (χ0v) is 27.1. The summed E-state index contributed by atoms with van der Waals surface area (Å²) in [7, 11) is 1.84. The summed E-state index contributed by atoms with van der Waals surface area (Å²) in [6.45, 7) is 3.60. The van der Waals surface area contributed by atoms with Crippen molar-refractivity contribution in [2.45, 2.75) is 44.2 Å². The number of hydrogen-bond donors (Lipinski definition) is 1. The van der Waals surface area contributed by atoms with Crippen LogP contribution in [0.4, 0.5) is 0 Å². The molecule has 1 aromatic carbocycles. The van der Waals surface area contributed by atoms with Gasteiger partial charge < -0.3 is 19.5 Å². The molecule has 0 aliphatic carbocycles. The molecule has 2 atom stereocenters. The van der Waals surface area contributed by atoms with Gasteiger partial charge in [0, 0.05) is 69.2 Å². The Morgan fingerprint density at radius 2 is 1.79 bits per heavy atom. The van der Waals surface area contributed by atoms with Crippen LogP contribution in [0.2, 0.25) is 0 Å². The first-order chi connectivity index (χ1) is 22.7. The third kappa shape index (κ3) is 5.96. The lowest BCUT2D eigenvalue weighted by molar-refractivity contribution is -0.142. The molecule has 2 amide bonds. The molecule has 13 heteroatoms. The molecule has 0 saturated carbocycles. The smallest absolute Gasteiger partial charge is 0.265 e. The lowest BCUT2D eigenvalue weighted by Crippen LogP contribution is -2.53. The Morgan fingerprint density at radius 1 is 1.04 bits per heavy atom. The maximum absolute atomic E-state index is 14.1. The molecule has 5 aromatic rings. The summed E-state index contributed by atoms with van der Waals surface area (Å²) in [5.41, 5.74) is 1.73. The molecule has 0 spiro atoms. The molecule has 0 unspecified atom stereocenters. The molecular weight excluding hydrogens is 616 g/mol. The number of rotatable bonds is 6. The molecule has 7 rings (SSSR count). The van der Waals surface area contributed by atoms with E-state index in [1.165, 1.54) is 28.6 Å². The summed E-state index contributed by atoms with van der Waals surface area (Å²) in [6, 6.07) is 11.7. The van der Waals surface area contributed by atoms with Crippen molar-refractivity contribution in [3.63, 3.8) is 0 Å². The standard InChI is InChI=1S/C34H36N8O4S/c1-22-28(47-30(38-22)24-16-35-20-36-17-24)33(45)41-13-9-25(27(18-41)23-6-4-3-5-7-23)31(43)40-14-10-34(46,11-15-40)19-42-21-37-29-26(32(42)44)8-12-39(29)2/h3-8,12,16-17,20-21,25,27,46H,9-11,13-15,18-19H2,1-2H3/t25-,27+/m1/s1. The quantitative estimate of drug-likeness (QED) is 0.295. The van der Waals surface area contributed by atoms with Crippen molar-refractivity contribution < 1.29 is 14.7 Å². The highest BCUT2D eigenvalue weighted by Crippen LogP contribution is 2.37. The number of benzene rings is 1. The van der Waals surface area contributed by atoms with Gasteiger partial charge in [-0.2, -0.15) is 0 Å². The van der Waals surface area contributed by atoms with E-state index in [4.69, 9.17) is 0 Å². The maximum atomic E-state index is 14.1. The number of likely N-dealkylation sites (tertiary alicyclic amines) is 2. The number of aromatic nitrogens is 6. The van der Waals surface area contributed by atoms with E-state index in [0.717, 1.165) is 11.1 Å². The van der Waals surface area contributed by atoms with Crippen LogP contribution < -0.4 is 5.56 Å². The second kappa shape index (κ2) is 12.5. The van der Waals surface area contributed by atoms with Crippen molar-refractivity contribution in [1.82, 2.24) is 38.9 Å². The number of carbonyl (C=O) groups is 2. The fraction of sp³-hybridized carbons (Fsp3) is 0.382. The van der Waals surface area contributed by atoms with Crippen LogP contribution in [-0.4, -0.2) is 87.6 Å². The third-order valence-corrected chi connectivity index (χ3v) is 10.8. The molecule has 12 nitrogen and oxygen atoms in total. The van der Waals surface area contributed by atoms with Gasteiger partial charge in [-0.3, -0.25) is 19.0 Å². The first kappa shape index (κ1) is 30.9. The van der Waals surface area contributed by atoms with Crippen molar-refractivity contribution in [3.05, 3.63) is 94.1 Å². The minimum absolute atomic E-state index is 0.0397. The highest BCUT2D eigenvalue weighted by molar-refractivity contribution is 7.17. The normalized spacial score (nSPS) is 19.6. The Hall–Kier alpha value is -4.75. The van der Waals surface area contributed by atoms with Crippen molar-refractivity contribution in [2.75, 3.05) is 26.2 Å². The van der Waals surface area contributed by atoms with Crippen LogP contribution >= 0.6 is 11.3 Å². The lowest BCUT2D eigenvalue weighted by atomic mass is 9.79. The number of carbonyl (C=O) groups excluding carboxylic acids is 2. The van der Waals surface area contributed by atoms with Gasteiger partial charge in [0.15, 0.2) is 0 Å².